The topological polar surface area (TPSA) is 60.4 Å². The van der Waals surface area contributed by atoms with Gasteiger partial charge in [0, 0.05) is 12.7 Å². The molecule has 2 aliphatic carbocycles. The number of sulfone groups is 1. The molecule has 0 saturated heterocycles. The van der Waals surface area contributed by atoms with Crippen molar-refractivity contribution in [2.45, 2.75) is 37.0 Å². The van der Waals surface area contributed by atoms with Crippen LogP contribution in [0.1, 0.15) is 47.3 Å². The summed E-state index contributed by atoms with van der Waals surface area (Å²) in [4.78, 5) is 13.2. The number of rotatable bonds is 8. The molecule has 0 spiro atoms. The Morgan fingerprint density at radius 3 is 2.48 bits per heavy atom. The van der Waals surface area contributed by atoms with Gasteiger partial charge in [0.25, 0.3) is 0 Å². The van der Waals surface area contributed by atoms with Crippen LogP contribution < -0.4 is 0 Å². The molecule has 0 aromatic heterocycles. The maximum Gasteiger partial charge on any atom is 0.166 e. The van der Waals surface area contributed by atoms with Gasteiger partial charge in [-0.25, -0.2) is 12.8 Å². The first-order valence-corrected chi connectivity index (χ1v) is 11.9. The molecule has 0 bridgehead atoms. The van der Waals surface area contributed by atoms with Crippen molar-refractivity contribution in [3.63, 3.8) is 0 Å². The zero-order valence-electron chi connectivity index (χ0n) is 16.4. The number of hydrogen-bond acceptors (Lipinski definition) is 4. The number of carbonyl (C=O) groups excluding carboxylic acids is 1. The molecular formula is C23H25FO4S. The summed E-state index contributed by atoms with van der Waals surface area (Å²) < 4.78 is 44.3. The molecule has 0 N–H and O–H groups in total. The summed E-state index contributed by atoms with van der Waals surface area (Å²) in [5.41, 5.74) is 2.39. The molecule has 3 unspecified atom stereocenters. The van der Waals surface area contributed by atoms with Crippen LogP contribution >= 0.6 is 0 Å². The highest BCUT2D eigenvalue weighted by atomic mass is 32.2. The smallest absolute Gasteiger partial charge is 0.166 e. The Hall–Kier alpha value is -2.05. The third kappa shape index (κ3) is 4.59. The van der Waals surface area contributed by atoms with Gasteiger partial charge in [-0.15, -0.1) is 0 Å². The lowest BCUT2D eigenvalue weighted by Crippen LogP contribution is -2.24. The minimum absolute atomic E-state index is 0.110. The van der Waals surface area contributed by atoms with Gasteiger partial charge in [0.2, 0.25) is 0 Å². The van der Waals surface area contributed by atoms with Crippen LogP contribution in [0.25, 0.3) is 0 Å². The van der Waals surface area contributed by atoms with Crippen LogP contribution in [-0.2, 0) is 25.8 Å². The number of Topliss-reactive ketones (excluding diaryl/α,β-unsaturated/α-hetero) is 1. The maximum atomic E-state index is 13.3. The molecule has 0 radical (unpaired) electrons. The minimum Gasteiger partial charge on any atom is -0.365 e. The summed E-state index contributed by atoms with van der Waals surface area (Å²) in [5.74, 6) is -0.359. The molecule has 0 aliphatic heterocycles. The van der Waals surface area contributed by atoms with E-state index in [2.05, 4.69) is 0 Å². The molecule has 6 heteroatoms. The lowest BCUT2D eigenvalue weighted by molar-refractivity contribution is -0.132. The quantitative estimate of drug-likeness (QED) is 0.647. The lowest BCUT2D eigenvalue weighted by Gasteiger charge is -2.22. The fourth-order valence-corrected chi connectivity index (χ4v) is 5.88. The molecular weight excluding hydrogens is 391 g/mol. The number of benzene rings is 2. The summed E-state index contributed by atoms with van der Waals surface area (Å²) >= 11 is 0. The molecule has 29 heavy (non-hydrogen) atoms. The first-order valence-electron chi connectivity index (χ1n) is 9.99. The zero-order chi connectivity index (χ0) is 20.6. The molecule has 2 aliphatic rings. The highest BCUT2D eigenvalue weighted by molar-refractivity contribution is 7.91. The third-order valence-corrected chi connectivity index (χ3v) is 7.42. The predicted molar refractivity (Wildman–Crippen MR) is 109 cm³/mol. The van der Waals surface area contributed by atoms with E-state index in [1.54, 1.807) is 12.1 Å². The van der Waals surface area contributed by atoms with Crippen molar-refractivity contribution in [1.29, 1.82) is 0 Å². The number of hydrogen-bond donors (Lipinski definition) is 0. The Morgan fingerprint density at radius 1 is 1.14 bits per heavy atom. The van der Waals surface area contributed by atoms with Crippen molar-refractivity contribution >= 4 is 15.6 Å². The fourth-order valence-electron chi connectivity index (χ4n) is 4.30. The van der Waals surface area contributed by atoms with Crippen LogP contribution in [0.15, 0.2) is 48.5 Å². The Bertz CT molecular complexity index is 996. The van der Waals surface area contributed by atoms with Gasteiger partial charge in [-0.2, -0.15) is 0 Å². The van der Waals surface area contributed by atoms with E-state index >= 15 is 0 Å². The van der Waals surface area contributed by atoms with E-state index < -0.39 is 21.2 Å². The normalized spacial score (nSPS) is 22.3. The average molecular weight is 417 g/mol. The van der Waals surface area contributed by atoms with Gasteiger partial charge in [0.15, 0.2) is 15.6 Å². The summed E-state index contributed by atoms with van der Waals surface area (Å²) in [6.45, 7) is 0.494. The minimum atomic E-state index is -3.37. The van der Waals surface area contributed by atoms with E-state index in [9.17, 15) is 17.6 Å². The molecule has 4 nitrogen and oxygen atoms in total. The van der Waals surface area contributed by atoms with Gasteiger partial charge < -0.3 is 4.74 Å². The van der Waals surface area contributed by atoms with Crippen LogP contribution in [0.5, 0.6) is 0 Å². The summed E-state index contributed by atoms with van der Waals surface area (Å²) in [6.07, 6.45) is 3.30. The molecule has 154 valence electrons. The first kappa shape index (κ1) is 20.2. The van der Waals surface area contributed by atoms with Gasteiger partial charge in [0.05, 0.1) is 11.9 Å². The number of halogens is 1. The fraction of sp³-hybridized carbons (Fsp3) is 0.435. The van der Waals surface area contributed by atoms with Crippen molar-refractivity contribution in [3.8, 4) is 0 Å². The highest BCUT2D eigenvalue weighted by Crippen LogP contribution is 2.44. The van der Waals surface area contributed by atoms with Gasteiger partial charge in [-0.1, -0.05) is 36.4 Å². The van der Waals surface area contributed by atoms with E-state index in [1.807, 2.05) is 24.3 Å². The molecule has 1 saturated carbocycles. The number of ketones is 1. The predicted octanol–water partition coefficient (Wildman–Crippen LogP) is 4.21. The van der Waals surface area contributed by atoms with Crippen molar-refractivity contribution in [2.24, 2.45) is 11.8 Å². The first-order chi connectivity index (χ1) is 13.8. The number of ether oxygens (including phenoxy) is 1. The molecule has 0 amide bonds. The molecule has 3 atom stereocenters. The van der Waals surface area contributed by atoms with E-state index in [4.69, 9.17) is 4.74 Å². The Kier molecular flexibility index (Phi) is 5.58. The summed E-state index contributed by atoms with van der Waals surface area (Å²) in [5, 5.41) is -0.681. The zero-order valence-corrected chi connectivity index (χ0v) is 17.2. The Labute approximate surface area is 171 Å². The van der Waals surface area contributed by atoms with Crippen LogP contribution in [-0.4, -0.2) is 27.1 Å². The standard InChI is InChI=1S/C23H25FO4S/c1-29(26,27)23-18(12-17-4-2-3-5-20(17)23)13-21(25)22(28-14-15-6-7-15)16-8-10-19(24)11-9-16/h2-5,8-11,15,18,22-23H,6-7,12-14H2,1H3. The van der Waals surface area contributed by atoms with E-state index in [-0.39, 0.29) is 23.9 Å². The van der Waals surface area contributed by atoms with Crippen LogP contribution in [0.3, 0.4) is 0 Å². The Balaban J connectivity index is 1.57. The average Bonchev–Trinajstić information content (AvgIpc) is 3.41. The van der Waals surface area contributed by atoms with E-state index in [1.165, 1.54) is 18.4 Å². The monoisotopic (exact) mass is 416 g/mol. The second kappa shape index (κ2) is 8.00. The van der Waals surface area contributed by atoms with Crippen molar-refractivity contribution in [3.05, 3.63) is 71.0 Å². The van der Waals surface area contributed by atoms with Crippen LogP contribution in [0, 0.1) is 17.7 Å². The molecule has 4 rings (SSSR count). The van der Waals surface area contributed by atoms with E-state index in [0.29, 0.717) is 24.5 Å². The van der Waals surface area contributed by atoms with Gasteiger partial charge >= 0.3 is 0 Å². The molecule has 2 aromatic carbocycles. The summed E-state index contributed by atoms with van der Waals surface area (Å²) in [6, 6.07) is 13.3. The van der Waals surface area contributed by atoms with Crippen molar-refractivity contribution in [1.82, 2.24) is 0 Å². The largest absolute Gasteiger partial charge is 0.365 e. The van der Waals surface area contributed by atoms with Crippen molar-refractivity contribution < 1.29 is 22.3 Å². The van der Waals surface area contributed by atoms with Gasteiger partial charge in [0.1, 0.15) is 11.9 Å². The van der Waals surface area contributed by atoms with E-state index in [0.717, 1.165) is 24.0 Å². The van der Waals surface area contributed by atoms with Crippen molar-refractivity contribution in [2.75, 3.05) is 12.9 Å². The number of carbonyl (C=O) groups is 1. The molecule has 2 aromatic rings. The maximum absolute atomic E-state index is 13.3. The van der Waals surface area contributed by atoms with Gasteiger partial charge in [-0.05, 0) is 59.9 Å². The lowest BCUT2D eigenvalue weighted by atomic mass is 9.93. The number of fused-ring (bicyclic) bond motifs is 1. The second-order valence-electron chi connectivity index (χ2n) is 8.29. The molecule has 0 heterocycles. The second-order valence-corrected chi connectivity index (χ2v) is 10.5. The van der Waals surface area contributed by atoms with Gasteiger partial charge in [-0.3, -0.25) is 4.79 Å². The van der Waals surface area contributed by atoms with Crippen LogP contribution in [0.2, 0.25) is 0 Å². The molecule has 1 fully saturated rings. The SMILES string of the molecule is CS(=O)(=O)C1c2ccccc2CC1CC(=O)C(OCC1CC1)c1ccc(F)cc1. The van der Waals surface area contributed by atoms with Crippen LogP contribution in [0.4, 0.5) is 4.39 Å². The third-order valence-electron chi connectivity index (χ3n) is 5.86. The highest BCUT2D eigenvalue weighted by Gasteiger charge is 2.41. The summed E-state index contributed by atoms with van der Waals surface area (Å²) in [7, 11) is -3.37. The Morgan fingerprint density at radius 2 is 1.83 bits per heavy atom.